The van der Waals surface area contributed by atoms with Gasteiger partial charge in [-0.05, 0) is 53.9 Å². The Bertz CT molecular complexity index is 1730. The fourth-order valence-corrected chi connectivity index (χ4v) is 5.53. The van der Waals surface area contributed by atoms with Crippen LogP contribution in [0.1, 0.15) is 39.0 Å². The largest absolute Gasteiger partial charge is 0.491 e. The smallest absolute Gasteiger partial charge is 0.286 e. The summed E-state index contributed by atoms with van der Waals surface area (Å²) < 4.78 is 45.0. The molecule has 0 bridgehead atoms. The molecule has 0 aliphatic carbocycles. The number of carbonyl (C=O) groups is 2. The Morgan fingerprint density at radius 2 is 1.87 bits per heavy atom. The molecule has 3 aromatic carbocycles. The minimum atomic E-state index is -3.77. The van der Waals surface area contributed by atoms with Gasteiger partial charge in [-0.3, -0.25) is 9.59 Å². The summed E-state index contributed by atoms with van der Waals surface area (Å²) in [5.41, 5.74) is 4.12. The number of nitrogens with one attached hydrogen (secondary N) is 2. The summed E-state index contributed by atoms with van der Waals surface area (Å²) in [5.74, 6) is -0.715. The first-order valence-corrected chi connectivity index (χ1v) is 14.3. The molecule has 4 aromatic rings. The molecule has 2 N–H and O–H groups in total. The van der Waals surface area contributed by atoms with Crippen LogP contribution >= 0.6 is 0 Å². The molecule has 39 heavy (non-hydrogen) atoms. The van der Waals surface area contributed by atoms with E-state index < -0.39 is 26.5 Å². The maximum atomic E-state index is 15.1. The van der Waals surface area contributed by atoms with Crippen LogP contribution in [-0.2, 0) is 22.8 Å². The minimum absolute atomic E-state index is 0.0750. The topological polar surface area (TPSA) is 121 Å². The first kappa shape index (κ1) is 26.4. The van der Waals surface area contributed by atoms with Crippen molar-refractivity contribution in [3.05, 3.63) is 76.9 Å². The predicted molar refractivity (Wildman–Crippen MR) is 144 cm³/mol. The van der Waals surface area contributed by atoms with E-state index in [9.17, 15) is 18.0 Å². The van der Waals surface area contributed by atoms with Crippen molar-refractivity contribution < 1.29 is 27.1 Å². The van der Waals surface area contributed by atoms with Crippen molar-refractivity contribution in [3.63, 3.8) is 0 Å². The molecule has 1 aromatic heterocycles. The van der Waals surface area contributed by atoms with Gasteiger partial charge in [-0.15, -0.1) is 0 Å². The van der Waals surface area contributed by atoms with Crippen molar-refractivity contribution in [3.8, 4) is 16.9 Å². The third-order valence-corrected chi connectivity index (χ3v) is 7.89. The second-order valence-electron chi connectivity index (χ2n) is 9.32. The average molecular weight is 551 g/mol. The van der Waals surface area contributed by atoms with Gasteiger partial charge in [0.15, 0.2) is 15.7 Å². The van der Waals surface area contributed by atoms with Crippen LogP contribution in [0.15, 0.2) is 53.4 Å². The molecule has 1 aliphatic heterocycles. The van der Waals surface area contributed by atoms with E-state index in [0.717, 1.165) is 29.0 Å². The highest BCUT2D eigenvalue weighted by Gasteiger charge is 2.27. The number of ether oxygens (including phenoxy) is 1. The molecule has 5 rings (SSSR count). The zero-order valence-electron chi connectivity index (χ0n) is 21.7. The Hall–Kier alpha value is -4.25. The third kappa shape index (κ3) is 4.97. The van der Waals surface area contributed by atoms with Crippen LogP contribution < -0.4 is 10.1 Å². The van der Waals surface area contributed by atoms with E-state index in [0.29, 0.717) is 16.8 Å². The van der Waals surface area contributed by atoms with E-state index in [4.69, 9.17) is 4.74 Å². The number of amides is 2. The molecule has 2 amide bonds. The molecule has 0 unspecified atom stereocenters. The number of H-pyrrole nitrogens is 1. The standard InChI is InChI=1S/C28H27FN4O5S/c1-4-19-20(7-10-24(25(19)29)39(3,36)37)28(35)33-11-12-38-23-9-6-16(13-18(23)15-33)17-5-8-21-22(14-17)32-26(31-21)27(34)30-2/h5-10,13-14H,4,11-12,15H2,1-3H3,(H,30,34)(H,31,32). The van der Waals surface area contributed by atoms with Gasteiger partial charge in [-0.25, -0.2) is 17.8 Å². The van der Waals surface area contributed by atoms with Crippen LogP contribution in [0, 0.1) is 5.82 Å². The number of halogens is 1. The van der Waals surface area contributed by atoms with Crippen LogP contribution in [0.25, 0.3) is 22.2 Å². The lowest BCUT2D eigenvalue weighted by molar-refractivity contribution is 0.0731. The molecule has 0 spiro atoms. The molecule has 2 heterocycles. The minimum Gasteiger partial charge on any atom is -0.491 e. The van der Waals surface area contributed by atoms with Gasteiger partial charge in [-0.1, -0.05) is 19.1 Å². The molecular weight excluding hydrogens is 523 g/mol. The van der Waals surface area contributed by atoms with Crippen molar-refractivity contribution in [1.82, 2.24) is 20.2 Å². The van der Waals surface area contributed by atoms with Gasteiger partial charge in [0.25, 0.3) is 11.8 Å². The lowest BCUT2D eigenvalue weighted by Gasteiger charge is -2.22. The Morgan fingerprint density at radius 3 is 2.59 bits per heavy atom. The highest BCUT2D eigenvalue weighted by atomic mass is 32.2. The summed E-state index contributed by atoms with van der Waals surface area (Å²) in [6.45, 7) is 2.45. The molecule has 0 atom stereocenters. The highest BCUT2D eigenvalue weighted by molar-refractivity contribution is 7.90. The van der Waals surface area contributed by atoms with E-state index in [1.807, 2.05) is 36.4 Å². The number of rotatable bonds is 5. The quantitative estimate of drug-likeness (QED) is 0.391. The Labute approximate surface area is 224 Å². The van der Waals surface area contributed by atoms with Crippen LogP contribution in [-0.4, -0.2) is 61.6 Å². The first-order valence-electron chi connectivity index (χ1n) is 12.4. The van der Waals surface area contributed by atoms with Crippen LogP contribution in [0.5, 0.6) is 5.75 Å². The van der Waals surface area contributed by atoms with E-state index in [1.54, 1.807) is 11.8 Å². The van der Waals surface area contributed by atoms with Gasteiger partial charge in [-0.2, -0.15) is 0 Å². The number of fused-ring (bicyclic) bond motifs is 2. The van der Waals surface area contributed by atoms with E-state index >= 15 is 4.39 Å². The number of sulfone groups is 1. The summed E-state index contributed by atoms with van der Waals surface area (Å²) in [7, 11) is -2.24. The number of benzene rings is 3. The molecule has 202 valence electrons. The van der Waals surface area contributed by atoms with Gasteiger partial charge < -0.3 is 19.9 Å². The summed E-state index contributed by atoms with van der Waals surface area (Å²) in [6.07, 6.45) is 1.11. The third-order valence-electron chi connectivity index (χ3n) is 6.78. The summed E-state index contributed by atoms with van der Waals surface area (Å²) in [6, 6.07) is 13.9. The van der Waals surface area contributed by atoms with Crippen molar-refractivity contribution in [1.29, 1.82) is 0 Å². The maximum absolute atomic E-state index is 15.1. The Kier molecular flexibility index (Phi) is 6.85. The second kappa shape index (κ2) is 10.1. The number of hydrogen-bond acceptors (Lipinski definition) is 6. The molecule has 0 saturated carbocycles. The average Bonchev–Trinajstić information content (AvgIpc) is 3.23. The fraction of sp³-hybridized carbons (Fsp3) is 0.250. The zero-order chi connectivity index (χ0) is 27.9. The molecule has 0 radical (unpaired) electrons. The lowest BCUT2D eigenvalue weighted by Crippen LogP contribution is -2.33. The maximum Gasteiger partial charge on any atom is 0.286 e. The van der Waals surface area contributed by atoms with Crippen molar-refractivity contribution in [2.75, 3.05) is 26.5 Å². The van der Waals surface area contributed by atoms with Crippen LogP contribution in [0.3, 0.4) is 0 Å². The number of hydrogen-bond donors (Lipinski definition) is 2. The molecule has 11 heteroatoms. The monoisotopic (exact) mass is 550 g/mol. The Morgan fingerprint density at radius 1 is 1.13 bits per heavy atom. The lowest BCUT2D eigenvalue weighted by atomic mass is 10.0. The fourth-order valence-electron chi connectivity index (χ4n) is 4.76. The highest BCUT2D eigenvalue weighted by Crippen LogP contribution is 2.32. The van der Waals surface area contributed by atoms with Crippen LogP contribution in [0.2, 0.25) is 0 Å². The molecule has 1 aliphatic rings. The zero-order valence-corrected chi connectivity index (χ0v) is 22.5. The van der Waals surface area contributed by atoms with Gasteiger partial charge in [0.2, 0.25) is 0 Å². The normalized spacial score (nSPS) is 13.5. The number of imidazole rings is 1. The molecule has 9 nitrogen and oxygen atoms in total. The van der Waals surface area contributed by atoms with Gasteiger partial charge in [0.05, 0.1) is 17.6 Å². The van der Waals surface area contributed by atoms with E-state index in [1.165, 1.54) is 13.1 Å². The second-order valence-corrected chi connectivity index (χ2v) is 11.3. The van der Waals surface area contributed by atoms with Crippen molar-refractivity contribution in [2.45, 2.75) is 24.8 Å². The van der Waals surface area contributed by atoms with Gasteiger partial charge in [0, 0.05) is 36.5 Å². The number of aromatic nitrogens is 2. The van der Waals surface area contributed by atoms with Crippen LogP contribution in [0.4, 0.5) is 4.39 Å². The number of carbonyl (C=O) groups excluding carboxylic acids is 2. The number of aromatic amines is 1. The van der Waals surface area contributed by atoms with Gasteiger partial charge >= 0.3 is 0 Å². The predicted octanol–water partition coefficient (Wildman–Crippen LogP) is 3.73. The SMILES string of the molecule is CCc1c(C(=O)N2CCOc3ccc(-c4ccc5nc(C(=O)NC)[nH]c5c4)cc3C2)ccc(S(C)(=O)=O)c1F. The first-order chi connectivity index (χ1) is 18.6. The summed E-state index contributed by atoms with van der Waals surface area (Å²) in [5, 5.41) is 2.55. The molecule has 0 fully saturated rings. The Balaban J connectivity index is 1.47. The number of nitrogens with zero attached hydrogens (tertiary/aromatic N) is 2. The van der Waals surface area contributed by atoms with Crippen molar-refractivity contribution >= 4 is 32.7 Å². The van der Waals surface area contributed by atoms with Gasteiger partial charge in [0.1, 0.15) is 23.1 Å². The molecule has 0 saturated heterocycles. The van der Waals surface area contributed by atoms with E-state index in [2.05, 4.69) is 15.3 Å². The summed E-state index contributed by atoms with van der Waals surface area (Å²) >= 11 is 0. The molecular formula is C28H27FN4O5S. The van der Waals surface area contributed by atoms with E-state index in [-0.39, 0.29) is 49.0 Å². The van der Waals surface area contributed by atoms with Crippen molar-refractivity contribution in [2.24, 2.45) is 0 Å². The summed E-state index contributed by atoms with van der Waals surface area (Å²) in [4.78, 5) is 34.0.